The van der Waals surface area contributed by atoms with Crippen LogP contribution in [0.1, 0.15) is 0 Å². The van der Waals surface area contributed by atoms with E-state index in [0.29, 0.717) is 0 Å². The summed E-state index contributed by atoms with van der Waals surface area (Å²) >= 11 is 0. The van der Waals surface area contributed by atoms with Gasteiger partial charge in [0.05, 0.1) is 0 Å². The zero-order valence-corrected chi connectivity index (χ0v) is 4.13. The van der Waals surface area contributed by atoms with Gasteiger partial charge in [-0.3, -0.25) is 0 Å². The molecule has 0 saturated heterocycles. The zero-order chi connectivity index (χ0) is 6.57. The lowest BCUT2D eigenvalue weighted by Gasteiger charge is -2.00. The highest BCUT2D eigenvalue weighted by Gasteiger charge is 1.86. The fraction of sp³-hybridized carbons (Fsp3) is 0. The number of hydrogen-bond donors (Lipinski definition) is 1. The molecule has 0 rings (SSSR count). The van der Waals surface area contributed by atoms with Gasteiger partial charge >= 0.3 is 5.97 Å². The molecule has 0 fully saturated rings. The Hall–Kier alpha value is -1.25. The highest BCUT2D eigenvalue weighted by atomic mass is 16.4. The maximum atomic E-state index is 10.0. The molecule has 0 aromatic carbocycles. The summed E-state index contributed by atoms with van der Waals surface area (Å²) in [5.41, 5.74) is 0. The standard InChI is InChI=1S/C5H6O3/c1-2-3-4(6)5(7)8/h2-3,6H,1H2,(H,7,8)/p-1/b4-3+. The van der Waals surface area contributed by atoms with E-state index in [1.165, 1.54) is 0 Å². The molecule has 0 unspecified atom stereocenters. The number of allylic oxidation sites excluding steroid dienone is 2. The molecule has 0 aromatic heterocycles. The molecule has 0 amide bonds. The number of rotatable bonds is 2. The van der Waals surface area contributed by atoms with Crippen molar-refractivity contribution in [2.24, 2.45) is 0 Å². The first-order chi connectivity index (χ1) is 3.68. The van der Waals surface area contributed by atoms with Crippen molar-refractivity contribution in [1.82, 2.24) is 0 Å². The molecule has 0 saturated carbocycles. The molecule has 1 N–H and O–H groups in total. The highest BCUT2D eigenvalue weighted by molar-refractivity contribution is 5.83. The molecule has 0 aliphatic heterocycles. The summed E-state index contributed by atoms with van der Waals surface area (Å²) in [6, 6.07) is 0. The van der Waals surface area contributed by atoms with Crippen molar-refractivity contribution in [2.75, 3.05) is 0 Å². The summed E-state index contributed by atoms with van der Waals surface area (Å²) < 4.78 is 0. The number of aliphatic carboxylic acids is 1. The van der Waals surface area contributed by atoms with Crippen LogP contribution >= 0.6 is 0 Å². The van der Waals surface area contributed by atoms with Gasteiger partial charge in [0.1, 0.15) is 0 Å². The first-order valence-electron chi connectivity index (χ1n) is 1.91. The van der Waals surface area contributed by atoms with Crippen molar-refractivity contribution >= 4 is 5.97 Å². The van der Waals surface area contributed by atoms with Gasteiger partial charge in [-0.1, -0.05) is 18.7 Å². The van der Waals surface area contributed by atoms with E-state index in [2.05, 4.69) is 6.58 Å². The Morgan fingerprint density at radius 1 is 1.75 bits per heavy atom. The Balaban J connectivity index is 3.99. The first-order valence-corrected chi connectivity index (χ1v) is 1.91. The summed E-state index contributed by atoms with van der Waals surface area (Å²) in [5, 5.41) is 17.9. The smallest absolute Gasteiger partial charge is 0.320 e. The van der Waals surface area contributed by atoms with Crippen molar-refractivity contribution in [1.29, 1.82) is 0 Å². The van der Waals surface area contributed by atoms with Crippen LogP contribution in [0.25, 0.3) is 0 Å². The van der Waals surface area contributed by atoms with E-state index in [1.54, 1.807) is 0 Å². The minimum atomic E-state index is -1.45. The lowest BCUT2D eigenvalue weighted by molar-refractivity contribution is -0.302. The van der Waals surface area contributed by atoms with E-state index in [0.717, 1.165) is 12.2 Å². The molecular formula is C5H5O3-. The SMILES string of the molecule is C=C/C=C(/[O-])C(=O)O. The Morgan fingerprint density at radius 3 is 2.38 bits per heavy atom. The van der Waals surface area contributed by atoms with E-state index in [4.69, 9.17) is 5.11 Å². The largest absolute Gasteiger partial charge is 0.868 e. The summed E-state index contributed by atoms with van der Waals surface area (Å²) in [5.74, 6) is -2.40. The molecule has 0 bridgehead atoms. The Kier molecular flexibility index (Phi) is 2.40. The maximum absolute atomic E-state index is 10.0. The van der Waals surface area contributed by atoms with Gasteiger partial charge in [0.15, 0.2) is 0 Å². The van der Waals surface area contributed by atoms with Crippen LogP contribution in [0.15, 0.2) is 24.5 Å². The third kappa shape index (κ3) is 2.02. The van der Waals surface area contributed by atoms with Gasteiger partial charge in [0.25, 0.3) is 0 Å². The molecule has 0 aliphatic rings. The van der Waals surface area contributed by atoms with Crippen LogP contribution in [0.5, 0.6) is 0 Å². The van der Waals surface area contributed by atoms with Crippen LogP contribution < -0.4 is 5.11 Å². The van der Waals surface area contributed by atoms with Crippen LogP contribution in [0, 0.1) is 0 Å². The predicted molar refractivity (Wildman–Crippen MR) is 25.9 cm³/mol. The second-order valence-corrected chi connectivity index (χ2v) is 1.07. The minimum Gasteiger partial charge on any atom is -0.868 e. The van der Waals surface area contributed by atoms with E-state index >= 15 is 0 Å². The number of carboxylic acids is 1. The van der Waals surface area contributed by atoms with Gasteiger partial charge in [0, 0.05) is 0 Å². The van der Waals surface area contributed by atoms with Crippen molar-refractivity contribution < 1.29 is 15.0 Å². The Labute approximate surface area is 46.6 Å². The average Bonchev–Trinajstić information content (AvgIpc) is 1.67. The van der Waals surface area contributed by atoms with Crippen molar-refractivity contribution in [3.8, 4) is 0 Å². The molecule has 0 atom stereocenters. The summed E-state index contributed by atoms with van der Waals surface area (Å²) in [7, 11) is 0. The zero-order valence-electron chi connectivity index (χ0n) is 4.13. The van der Waals surface area contributed by atoms with Gasteiger partial charge < -0.3 is 10.2 Å². The molecule has 0 heterocycles. The molecular weight excluding hydrogens is 108 g/mol. The van der Waals surface area contributed by atoms with Gasteiger partial charge in [-0.2, -0.15) is 0 Å². The first kappa shape index (κ1) is 6.75. The third-order valence-corrected chi connectivity index (χ3v) is 0.480. The molecule has 0 aromatic rings. The summed E-state index contributed by atoms with van der Waals surface area (Å²) in [4.78, 5) is 9.66. The van der Waals surface area contributed by atoms with Crippen LogP contribution in [0.3, 0.4) is 0 Å². The molecule has 44 valence electrons. The third-order valence-electron chi connectivity index (χ3n) is 0.480. The van der Waals surface area contributed by atoms with Gasteiger partial charge in [-0.15, -0.1) is 0 Å². The fourth-order valence-corrected chi connectivity index (χ4v) is 0.178. The van der Waals surface area contributed by atoms with E-state index in [-0.39, 0.29) is 0 Å². The van der Waals surface area contributed by atoms with Crippen molar-refractivity contribution in [2.45, 2.75) is 0 Å². The van der Waals surface area contributed by atoms with Crippen molar-refractivity contribution in [3.05, 3.63) is 24.5 Å². The summed E-state index contributed by atoms with van der Waals surface area (Å²) in [6.07, 6.45) is 2.03. The van der Waals surface area contributed by atoms with E-state index in [1.807, 2.05) is 0 Å². The quantitative estimate of drug-likeness (QED) is 0.298. The Morgan fingerprint density at radius 2 is 2.25 bits per heavy atom. The summed E-state index contributed by atoms with van der Waals surface area (Å²) in [6.45, 7) is 3.14. The van der Waals surface area contributed by atoms with Crippen LogP contribution in [0.2, 0.25) is 0 Å². The topological polar surface area (TPSA) is 60.4 Å². The van der Waals surface area contributed by atoms with Crippen LogP contribution in [-0.4, -0.2) is 11.1 Å². The molecule has 0 spiro atoms. The van der Waals surface area contributed by atoms with Crippen molar-refractivity contribution in [3.63, 3.8) is 0 Å². The lowest BCUT2D eigenvalue weighted by Crippen LogP contribution is -2.13. The van der Waals surface area contributed by atoms with Crippen LogP contribution in [0.4, 0.5) is 0 Å². The monoisotopic (exact) mass is 113 g/mol. The number of carbonyl (C=O) groups is 1. The highest BCUT2D eigenvalue weighted by Crippen LogP contribution is 1.80. The molecule has 8 heavy (non-hydrogen) atoms. The lowest BCUT2D eigenvalue weighted by atomic mass is 10.4. The Bertz CT molecular complexity index is 135. The minimum absolute atomic E-state index is 0.891. The normalized spacial score (nSPS) is 10.8. The van der Waals surface area contributed by atoms with E-state index in [9.17, 15) is 9.90 Å². The fourth-order valence-electron chi connectivity index (χ4n) is 0.178. The van der Waals surface area contributed by atoms with Crippen LogP contribution in [-0.2, 0) is 4.79 Å². The molecule has 3 heteroatoms. The van der Waals surface area contributed by atoms with Gasteiger partial charge in [-0.25, -0.2) is 4.79 Å². The predicted octanol–water partition coefficient (Wildman–Crippen LogP) is -0.499. The second kappa shape index (κ2) is 2.85. The maximum Gasteiger partial charge on any atom is 0.320 e. The second-order valence-electron chi connectivity index (χ2n) is 1.07. The molecule has 3 nitrogen and oxygen atoms in total. The van der Waals surface area contributed by atoms with E-state index < -0.39 is 11.7 Å². The molecule has 0 radical (unpaired) electrons. The molecule has 0 aliphatic carbocycles. The average molecular weight is 113 g/mol. The van der Waals surface area contributed by atoms with Gasteiger partial charge in [-0.05, 0) is 5.76 Å². The van der Waals surface area contributed by atoms with Gasteiger partial charge in [0.2, 0.25) is 0 Å². The number of hydrogen-bond acceptors (Lipinski definition) is 2. The number of carboxylic acid groups (broad SMARTS) is 1.